The van der Waals surface area contributed by atoms with Gasteiger partial charge in [-0.05, 0) is 42.5 Å². The van der Waals surface area contributed by atoms with E-state index in [1.54, 1.807) is 36.4 Å². The molecule has 10 heteroatoms. The van der Waals surface area contributed by atoms with Crippen molar-refractivity contribution >= 4 is 11.6 Å². The largest absolute Gasteiger partial charge is 0.573 e. The zero-order chi connectivity index (χ0) is 21.1. The highest BCUT2D eigenvalue weighted by Crippen LogP contribution is 2.28. The minimum absolute atomic E-state index is 0.179. The number of aromatic nitrogens is 2. The van der Waals surface area contributed by atoms with Crippen molar-refractivity contribution in [1.29, 1.82) is 0 Å². The van der Waals surface area contributed by atoms with Gasteiger partial charge in [0.2, 0.25) is 5.89 Å². The van der Waals surface area contributed by atoms with Crippen LogP contribution in [0.2, 0.25) is 0 Å². The first kappa shape index (κ1) is 19.2. The van der Waals surface area contributed by atoms with E-state index in [0.717, 1.165) is 6.07 Å². The van der Waals surface area contributed by atoms with Crippen molar-refractivity contribution in [2.75, 3.05) is 5.32 Å². The number of furan rings is 1. The molecule has 0 aliphatic rings. The van der Waals surface area contributed by atoms with E-state index in [2.05, 4.69) is 20.3 Å². The first-order valence-corrected chi connectivity index (χ1v) is 8.53. The SMILES string of the molecule is O=C(Nc1cccc(-c2nnc(-c3ccco3)o2)c1)c1ccccc1OC(F)(F)F. The minimum atomic E-state index is -4.92. The zero-order valence-corrected chi connectivity index (χ0v) is 15.0. The van der Waals surface area contributed by atoms with Gasteiger partial charge in [0, 0.05) is 11.3 Å². The summed E-state index contributed by atoms with van der Waals surface area (Å²) in [5.41, 5.74) is 0.549. The van der Waals surface area contributed by atoms with E-state index in [0.29, 0.717) is 17.0 Å². The Kier molecular flexibility index (Phi) is 4.97. The molecule has 0 bridgehead atoms. The van der Waals surface area contributed by atoms with Crippen LogP contribution in [0.3, 0.4) is 0 Å². The van der Waals surface area contributed by atoms with E-state index in [9.17, 15) is 18.0 Å². The molecule has 2 aromatic heterocycles. The summed E-state index contributed by atoms with van der Waals surface area (Å²) in [4.78, 5) is 12.5. The Morgan fingerprint density at radius 3 is 2.53 bits per heavy atom. The van der Waals surface area contributed by atoms with E-state index in [1.807, 2.05) is 0 Å². The van der Waals surface area contributed by atoms with Gasteiger partial charge < -0.3 is 18.9 Å². The predicted octanol–water partition coefficient (Wildman–Crippen LogP) is 5.15. The number of amides is 1. The number of ether oxygens (including phenoxy) is 1. The van der Waals surface area contributed by atoms with Crippen LogP contribution in [0.25, 0.3) is 23.1 Å². The van der Waals surface area contributed by atoms with Crippen molar-refractivity contribution in [3.05, 3.63) is 72.5 Å². The Hall–Kier alpha value is -4.08. The molecule has 2 heterocycles. The molecule has 0 saturated heterocycles. The lowest BCUT2D eigenvalue weighted by Gasteiger charge is -2.13. The lowest BCUT2D eigenvalue weighted by atomic mass is 10.1. The summed E-state index contributed by atoms with van der Waals surface area (Å²) < 4.78 is 52.4. The summed E-state index contributed by atoms with van der Waals surface area (Å²) in [5, 5.41) is 10.4. The van der Waals surface area contributed by atoms with Gasteiger partial charge in [-0.2, -0.15) is 0 Å². The molecule has 7 nitrogen and oxygen atoms in total. The van der Waals surface area contributed by atoms with Crippen LogP contribution in [0.15, 0.2) is 75.8 Å². The molecule has 4 aromatic rings. The van der Waals surface area contributed by atoms with Gasteiger partial charge in [-0.15, -0.1) is 23.4 Å². The van der Waals surface area contributed by atoms with E-state index in [-0.39, 0.29) is 17.3 Å². The average molecular weight is 415 g/mol. The van der Waals surface area contributed by atoms with Crippen LogP contribution < -0.4 is 10.1 Å². The molecule has 2 aromatic carbocycles. The fourth-order valence-corrected chi connectivity index (χ4v) is 2.64. The van der Waals surface area contributed by atoms with Crippen LogP contribution in [0, 0.1) is 0 Å². The topological polar surface area (TPSA) is 90.4 Å². The molecule has 1 N–H and O–H groups in total. The van der Waals surface area contributed by atoms with Gasteiger partial charge in [-0.1, -0.05) is 18.2 Å². The van der Waals surface area contributed by atoms with E-state index in [1.165, 1.54) is 24.5 Å². The number of carbonyl (C=O) groups is 1. The molecular formula is C20H12F3N3O4. The van der Waals surface area contributed by atoms with Crippen molar-refractivity contribution in [3.8, 4) is 28.9 Å². The molecule has 0 spiro atoms. The molecular weight excluding hydrogens is 403 g/mol. The number of rotatable bonds is 5. The number of alkyl halides is 3. The normalized spacial score (nSPS) is 11.3. The second-order valence-corrected chi connectivity index (χ2v) is 5.97. The van der Waals surface area contributed by atoms with Crippen molar-refractivity contribution in [2.24, 2.45) is 0 Å². The van der Waals surface area contributed by atoms with Crippen molar-refractivity contribution in [3.63, 3.8) is 0 Å². The van der Waals surface area contributed by atoms with E-state index < -0.39 is 18.0 Å². The fraction of sp³-hybridized carbons (Fsp3) is 0.0500. The Balaban J connectivity index is 1.55. The van der Waals surface area contributed by atoms with Crippen LogP contribution in [-0.2, 0) is 0 Å². The van der Waals surface area contributed by atoms with E-state index >= 15 is 0 Å². The number of hydrogen-bond donors (Lipinski definition) is 1. The van der Waals surface area contributed by atoms with Gasteiger partial charge in [0.25, 0.3) is 11.8 Å². The van der Waals surface area contributed by atoms with Crippen LogP contribution in [0.5, 0.6) is 5.75 Å². The minimum Gasteiger partial charge on any atom is -0.459 e. The number of halogens is 3. The van der Waals surface area contributed by atoms with Gasteiger partial charge >= 0.3 is 6.36 Å². The fourth-order valence-electron chi connectivity index (χ4n) is 2.64. The maximum atomic E-state index is 12.6. The lowest BCUT2D eigenvalue weighted by Crippen LogP contribution is -2.20. The lowest BCUT2D eigenvalue weighted by molar-refractivity contribution is -0.274. The summed E-state index contributed by atoms with van der Waals surface area (Å²) >= 11 is 0. The van der Waals surface area contributed by atoms with Crippen LogP contribution in [-0.4, -0.2) is 22.5 Å². The van der Waals surface area contributed by atoms with E-state index in [4.69, 9.17) is 8.83 Å². The summed E-state index contributed by atoms with van der Waals surface area (Å²) in [7, 11) is 0. The number of hydrogen-bond acceptors (Lipinski definition) is 6. The third kappa shape index (κ3) is 4.32. The van der Waals surface area contributed by atoms with Gasteiger partial charge in [0.1, 0.15) is 5.75 Å². The van der Waals surface area contributed by atoms with Crippen LogP contribution >= 0.6 is 0 Å². The van der Waals surface area contributed by atoms with Gasteiger partial charge in [-0.3, -0.25) is 4.79 Å². The molecule has 0 aliphatic carbocycles. The number of nitrogens with zero attached hydrogens (tertiary/aromatic N) is 2. The third-order valence-corrected chi connectivity index (χ3v) is 3.88. The van der Waals surface area contributed by atoms with Crippen LogP contribution in [0.4, 0.5) is 18.9 Å². The second kappa shape index (κ2) is 7.74. The maximum Gasteiger partial charge on any atom is 0.573 e. The number of nitrogens with one attached hydrogen (secondary N) is 1. The average Bonchev–Trinajstić information content (AvgIpc) is 3.39. The standard InChI is InChI=1S/C20H12F3N3O4/c21-20(22,23)30-15-8-2-1-7-14(15)17(27)24-13-6-3-5-12(11-13)18-25-26-19(29-18)16-9-4-10-28-16/h1-11H,(H,24,27). The zero-order valence-electron chi connectivity index (χ0n) is 15.0. The predicted molar refractivity (Wildman–Crippen MR) is 98.5 cm³/mol. The van der Waals surface area contributed by atoms with Gasteiger partial charge in [-0.25, -0.2) is 0 Å². The summed E-state index contributed by atoms with van der Waals surface area (Å²) in [6.45, 7) is 0. The Bertz CT molecular complexity index is 1170. The first-order chi connectivity index (χ1) is 14.4. The quantitative estimate of drug-likeness (QED) is 0.485. The second-order valence-electron chi connectivity index (χ2n) is 5.97. The van der Waals surface area contributed by atoms with Gasteiger partial charge in [0.15, 0.2) is 5.76 Å². The Morgan fingerprint density at radius 2 is 1.77 bits per heavy atom. The molecule has 0 atom stereocenters. The highest BCUT2D eigenvalue weighted by atomic mass is 19.4. The van der Waals surface area contributed by atoms with Crippen LogP contribution in [0.1, 0.15) is 10.4 Å². The van der Waals surface area contributed by atoms with Crippen molar-refractivity contribution in [2.45, 2.75) is 6.36 Å². The summed E-state index contributed by atoms with van der Waals surface area (Å²) in [6.07, 6.45) is -3.45. The highest BCUT2D eigenvalue weighted by Gasteiger charge is 2.32. The molecule has 0 saturated carbocycles. The molecule has 0 fully saturated rings. The molecule has 152 valence electrons. The molecule has 0 unspecified atom stereocenters. The highest BCUT2D eigenvalue weighted by molar-refractivity contribution is 6.06. The van der Waals surface area contributed by atoms with Crippen molar-refractivity contribution in [1.82, 2.24) is 10.2 Å². The smallest absolute Gasteiger partial charge is 0.459 e. The van der Waals surface area contributed by atoms with Gasteiger partial charge in [0.05, 0.1) is 11.8 Å². The first-order valence-electron chi connectivity index (χ1n) is 8.53. The molecule has 30 heavy (non-hydrogen) atoms. The molecule has 0 aliphatic heterocycles. The summed E-state index contributed by atoms with van der Waals surface area (Å²) in [5.74, 6) is -0.604. The molecule has 0 radical (unpaired) electrons. The number of benzene rings is 2. The molecule has 1 amide bonds. The molecule has 4 rings (SSSR count). The monoisotopic (exact) mass is 415 g/mol. The number of carbonyl (C=O) groups excluding carboxylic acids is 1. The summed E-state index contributed by atoms with van der Waals surface area (Å²) in [6, 6.07) is 14.8. The Labute approximate surface area is 167 Å². The number of anilines is 1. The number of para-hydroxylation sites is 1. The Morgan fingerprint density at radius 1 is 0.967 bits per heavy atom. The van der Waals surface area contributed by atoms with Crippen molar-refractivity contribution < 1.29 is 31.5 Å². The maximum absolute atomic E-state index is 12.6. The third-order valence-electron chi connectivity index (χ3n) is 3.88.